The van der Waals surface area contributed by atoms with Crippen LogP contribution in [0.1, 0.15) is 11.5 Å². The Kier molecular flexibility index (Phi) is 4.12. The largest absolute Gasteiger partial charge is 0.348 e. The summed E-state index contributed by atoms with van der Waals surface area (Å²) in [5.41, 5.74) is 6.47. The number of likely N-dealkylation sites (N-methyl/N-ethyl adjacent to an activating group) is 1. The number of nitrogens with zero attached hydrogens (tertiary/aromatic N) is 1. The highest BCUT2D eigenvalue weighted by atomic mass is 35.5. The van der Waals surface area contributed by atoms with E-state index in [0.29, 0.717) is 5.02 Å². The molecule has 0 radical (unpaired) electrons. The van der Waals surface area contributed by atoms with Gasteiger partial charge in [0.05, 0.1) is 5.92 Å². The van der Waals surface area contributed by atoms with Crippen molar-refractivity contribution >= 4 is 17.5 Å². The summed E-state index contributed by atoms with van der Waals surface area (Å²) in [5, 5.41) is 0.623. The number of benzene rings is 1. The summed E-state index contributed by atoms with van der Waals surface area (Å²) in [4.78, 5) is 13.3. The van der Waals surface area contributed by atoms with E-state index in [4.69, 9.17) is 17.3 Å². The molecule has 0 saturated carbocycles. The first-order valence-electron chi connectivity index (χ1n) is 4.73. The van der Waals surface area contributed by atoms with Crippen LogP contribution in [0, 0.1) is 0 Å². The molecule has 0 aromatic heterocycles. The van der Waals surface area contributed by atoms with Crippen LogP contribution in [-0.2, 0) is 4.79 Å². The molecular weight excluding hydrogens is 212 g/mol. The molecule has 1 aromatic rings. The second-order valence-electron chi connectivity index (χ2n) is 3.58. The fraction of sp³-hybridized carbons (Fsp3) is 0.364. The molecular formula is C11H15ClN2O. The standard InChI is InChI=1S/C11H15ClN2O/c1-14(2)11(15)10(7-13)8-4-3-5-9(12)6-8/h3-6,10H,7,13H2,1-2H3. The molecule has 2 N–H and O–H groups in total. The lowest BCUT2D eigenvalue weighted by atomic mass is 9.98. The molecule has 1 unspecified atom stereocenters. The number of nitrogens with two attached hydrogens (primary N) is 1. The minimum Gasteiger partial charge on any atom is -0.348 e. The first-order valence-corrected chi connectivity index (χ1v) is 5.10. The SMILES string of the molecule is CN(C)C(=O)C(CN)c1cccc(Cl)c1. The van der Waals surface area contributed by atoms with Crippen molar-refractivity contribution in [2.24, 2.45) is 5.73 Å². The van der Waals surface area contributed by atoms with Gasteiger partial charge in [0.25, 0.3) is 0 Å². The van der Waals surface area contributed by atoms with Gasteiger partial charge in [-0.05, 0) is 17.7 Å². The van der Waals surface area contributed by atoms with Gasteiger partial charge in [0.2, 0.25) is 5.91 Å². The van der Waals surface area contributed by atoms with E-state index in [9.17, 15) is 4.79 Å². The van der Waals surface area contributed by atoms with E-state index in [1.807, 2.05) is 12.1 Å². The molecule has 4 heteroatoms. The molecule has 0 aliphatic heterocycles. The molecule has 82 valence electrons. The van der Waals surface area contributed by atoms with Gasteiger partial charge in [-0.25, -0.2) is 0 Å². The molecule has 0 bridgehead atoms. The Bertz CT molecular complexity index is 352. The van der Waals surface area contributed by atoms with Gasteiger partial charge in [-0.1, -0.05) is 23.7 Å². The first kappa shape index (κ1) is 12.0. The Morgan fingerprint density at radius 2 is 2.20 bits per heavy atom. The van der Waals surface area contributed by atoms with Crippen LogP contribution in [0.25, 0.3) is 0 Å². The summed E-state index contributed by atoms with van der Waals surface area (Å²) in [5.74, 6) is -0.307. The maximum atomic E-state index is 11.8. The molecule has 1 aromatic carbocycles. The topological polar surface area (TPSA) is 46.3 Å². The lowest BCUT2D eigenvalue weighted by Gasteiger charge is -2.19. The summed E-state index contributed by atoms with van der Waals surface area (Å²) < 4.78 is 0. The monoisotopic (exact) mass is 226 g/mol. The molecule has 0 saturated heterocycles. The van der Waals surface area contributed by atoms with E-state index in [0.717, 1.165) is 5.56 Å². The first-order chi connectivity index (χ1) is 7.06. The predicted molar refractivity (Wildman–Crippen MR) is 61.9 cm³/mol. The van der Waals surface area contributed by atoms with Crippen molar-refractivity contribution in [2.45, 2.75) is 5.92 Å². The maximum absolute atomic E-state index is 11.8. The minimum atomic E-state index is -0.307. The summed E-state index contributed by atoms with van der Waals surface area (Å²) in [6.07, 6.45) is 0. The third-order valence-corrected chi connectivity index (χ3v) is 2.46. The van der Waals surface area contributed by atoms with Crippen LogP contribution < -0.4 is 5.73 Å². The van der Waals surface area contributed by atoms with Gasteiger partial charge in [-0.15, -0.1) is 0 Å². The fourth-order valence-corrected chi connectivity index (χ4v) is 1.61. The van der Waals surface area contributed by atoms with Gasteiger partial charge in [0, 0.05) is 25.7 Å². The van der Waals surface area contributed by atoms with Crippen molar-refractivity contribution in [2.75, 3.05) is 20.6 Å². The average Bonchev–Trinajstić information content (AvgIpc) is 2.18. The third-order valence-electron chi connectivity index (χ3n) is 2.23. The van der Waals surface area contributed by atoms with Gasteiger partial charge in [-0.2, -0.15) is 0 Å². The number of amides is 1. The van der Waals surface area contributed by atoms with E-state index < -0.39 is 0 Å². The quantitative estimate of drug-likeness (QED) is 0.849. The Labute approximate surface area is 94.8 Å². The molecule has 1 amide bonds. The van der Waals surface area contributed by atoms with Gasteiger partial charge < -0.3 is 10.6 Å². The van der Waals surface area contributed by atoms with Crippen molar-refractivity contribution in [3.05, 3.63) is 34.9 Å². The number of hydrogen-bond donors (Lipinski definition) is 1. The Balaban J connectivity index is 2.97. The maximum Gasteiger partial charge on any atom is 0.230 e. The van der Waals surface area contributed by atoms with Crippen molar-refractivity contribution in [3.63, 3.8) is 0 Å². The molecule has 3 nitrogen and oxygen atoms in total. The van der Waals surface area contributed by atoms with Gasteiger partial charge in [0.15, 0.2) is 0 Å². The van der Waals surface area contributed by atoms with Crippen LogP contribution in [-0.4, -0.2) is 31.4 Å². The number of hydrogen-bond acceptors (Lipinski definition) is 2. The zero-order valence-corrected chi connectivity index (χ0v) is 9.66. The highest BCUT2D eigenvalue weighted by molar-refractivity contribution is 6.30. The number of halogens is 1. The van der Waals surface area contributed by atoms with Crippen LogP contribution in [0.5, 0.6) is 0 Å². The van der Waals surface area contributed by atoms with E-state index in [2.05, 4.69) is 0 Å². The summed E-state index contributed by atoms with van der Waals surface area (Å²) in [6.45, 7) is 0.289. The second kappa shape index (κ2) is 5.14. The Hall–Kier alpha value is -1.06. The third kappa shape index (κ3) is 2.94. The number of carbonyl (C=O) groups is 1. The minimum absolute atomic E-state index is 0.000216. The molecule has 0 aliphatic carbocycles. The van der Waals surface area contributed by atoms with E-state index >= 15 is 0 Å². The second-order valence-corrected chi connectivity index (χ2v) is 4.01. The number of rotatable bonds is 3. The van der Waals surface area contributed by atoms with Gasteiger partial charge >= 0.3 is 0 Å². The fourth-order valence-electron chi connectivity index (χ4n) is 1.41. The summed E-state index contributed by atoms with van der Waals surface area (Å²) >= 11 is 5.86. The molecule has 15 heavy (non-hydrogen) atoms. The lowest BCUT2D eigenvalue weighted by molar-refractivity contribution is -0.130. The number of carbonyl (C=O) groups excluding carboxylic acids is 1. The highest BCUT2D eigenvalue weighted by Gasteiger charge is 2.20. The zero-order chi connectivity index (χ0) is 11.4. The van der Waals surface area contributed by atoms with E-state index in [1.54, 1.807) is 31.1 Å². The van der Waals surface area contributed by atoms with Gasteiger partial charge in [0.1, 0.15) is 0 Å². The lowest BCUT2D eigenvalue weighted by Crippen LogP contribution is -2.32. The Morgan fingerprint density at radius 1 is 1.53 bits per heavy atom. The molecule has 1 atom stereocenters. The van der Waals surface area contributed by atoms with Crippen LogP contribution in [0.15, 0.2) is 24.3 Å². The highest BCUT2D eigenvalue weighted by Crippen LogP contribution is 2.20. The van der Waals surface area contributed by atoms with Crippen LogP contribution >= 0.6 is 11.6 Å². The van der Waals surface area contributed by atoms with E-state index in [1.165, 1.54) is 0 Å². The van der Waals surface area contributed by atoms with Crippen molar-refractivity contribution in [1.82, 2.24) is 4.90 Å². The Morgan fingerprint density at radius 3 is 2.67 bits per heavy atom. The average molecular weight is 227 g/mol. The van der Waals surface area contributed by atoms with Crippen LogP contribution in [0.2, 0.25) is 5.02 Å². The van der Waals surface area contributed by atoms with Crippen LogP contribution in [0.4, 0.5) is 0 Å². The van der Waals surface area contributed by atoms with Crippen molar-refractivity contribution < 1.29 is 4.79 Å². The summed E-state index contributed by atoms with van der Waals surface area (Å²) in [7, 11) is 3.44. The molecule has 0 aliphatic rings. The molecule has 0 heterocycles. The van der Waals surface area contributed by atoms with Crippen molar-refractivity contribution in [3.8, 4) is 0 Å². The molecule has 1 rings (SSSR count). The normalized spacial score (nSPS) is 12.3. The molecule has 0 spiro atoms. The smallest absolute Gasteiger partial charge is 0.230 e. The van der Waals surface area contributed by atoms with Crippen LogP contribution in [0.3, 0.4) is 0 Å². The molecule has 0 fully saturated rings. The zero-order valence-electron chi connectivity index (χ0n) is 8.90. The predicted octanol–water partition coefficient (Wildman–Crippen LogP) is 1.47. The van der Waals surface area contributed by atoms with Crippen molar-refractivity contribution in [1.29, 1.82) is 0 Å². The summed E-state index contributed by atoms with van der Waals surface area (Å²) in [6, 6.07) is 7.24. The van der Waals surface area contributed by atoms with E-state index in [-0.39, 0.29) is 18.4 Å². The van der Waals surface area contributed by atoms with Gasteiger partial charge in [-0.3, -0.25) is 4.79 Å².